The van der Waals surface area contributed by atoms with Gasteiger partial charge in [-0.15, -0.1) is 0 Å². The minimum atomic E-state index is -1.40. The SMILES string of the molecule is O=C(NC1(C(=O)O)CCOC1)c1ccc(F)c(Br)c1. The Morgan fingerprint density at radius 1 is 1.47 bits per heavy atom. The van der Waals surface area contributed by atoms with Crippen LogP contribution in [-0.4, -0.2) is 35.7 Å². The highest BCUT2D eigenvalue weighted by Gasteiger charge is 2.44. The number of nitrogens with one attached hydrogen (secondary N) is 1. The van der Waals surface area contributed by atoms with E-state index in [0.717, 1.165) is 6.07 Å². The van der Waals surface area contributed by atoms with Crippen molar-refractivity contribution < 1.29 is 23.8 Å². The normalized spacial score (nSPS) is 22.2. The lowest BCUT2D eigenvalue weighted by molar-refractivity contribution is -0.144. The number of hydrogen-bond acceptors (Lipinski definition) is 3. The van der Waals surface area contributed by atoms with Crippen LogP contribution in [-0.2, 0) is 9.53 Å². The van der Waals surface area contributed by atoms with Crippen LogP contribution < -0.4 is 5.32 Å². The second-order valence-corrected chi connectivity index (χ2v) is 5.13. The molecular weight excluding hydrogens is 321 g/mol. The quantitative estimate of drug-likeness (QED) is 0.881. The molecule has 2 N–H and O–H groups in total. The first-order valence-corrected chi connectivity index (χ1v) is 6.33. The molecule has 102 valence electrons. The predicted molar refractivity (Wildman–Crippen MR) is 67.4 cm³/mol. The van der Waals surface area contributed by atoms with E-state index in [2.05, 4.69) is 21.2 Å². The van der Waals surface area contributed by atoms with Gasteiger partial charge in [0, 0.05) is 18.6 Å². The van der Waals surface area contributed by atoms with Gasteiger partial charge in [0.25, 0.3) is 5.91 Å². The van der Waals surface area contributed by atoms with Gasteiger partial charge in [-0.2, -0.15) is 0 Å². The van der Waals surface area contributed by atoms with Crippen molar-refractivity contribution >= 4 is 27.8 Å². The molecule has 2 rings (SSSR count). The van der Waals surface area contributed by atoms with Crippen LogP contribution in [0.5, 0.6) is 0 Å². The molecule has 1 fully saturated rings. The second kappa shape index (κ2) is 5.26. The summed E-state index contributed by atoms with van der Waals surface area (Å²) in [6.45, 7) is 0.204. The molecule has 1 aliphatic heterocycles. The van der Waals surface area contributed by atoms with Gasteiger partial charge in [-0.05, 0) is 34.1 Å². The van der Waals surface area contributed by atoms with Crippen LogP contribution in [0.25, 0.3) is 0 Å². The maximum atomic E-state index is 13.1. The molecule has 7 heteroatoms. The van der Waals surface area contributed by atoms with E-state index in [1.807, 2.05) is 0 Å². The zero-order chi connectivity index (χ0) is 14.0. The third kappa shape index (κ3) is 2.76. The lowest BCUT2D eigenvalue weighted by Crippen LogP contribution is -2.55. The summed E-state index contributed by atoms with van der Waals surface area (Å²) in [5.41, 5.74) is -1.22. The zero-order valence-electron chi connectivity index (χ0n) is 9.78. The van der Waals surface area contributed by atoms with Crippen molar-refractivity contribution in [1.29, 1.82) is 0 Å². The number of carbonyl (C=O) groups is 2. The molecule has 19 heavy (non-hydrogen) atoms. The Kier molecular flexibility index (Phi) is 3.86. The van der Waals surface area contributed by atoms with E-state index in [4.69, 9.17) is 4.74 Å². The van der Waals surface area contributed by atoms with Crippen molar-refractivity contribution in [3.8, 4) is 0 Å². The first-order valence-electron chi connectivity index (χ1n) is 5.53. The fraction of sp³-hybridized carbons (Fsp3) is 0.333. The molecule has 0 bridgehead atoms. The molecule has 0 saturated carbocycles. The second-order valence-electron chi connectivity index (χ2n) is 4.27. The van der Waals surface area contributed by atoms with Gasteiger partial charge >= 0.3 is 5.97 Å². The van der Waals surface area contributed by atoms with Crippen LogP contribution in [0.3, 0.4) is 0 Å². The third-order valence-electron chi connectivity index (χ3n) is 2.97. The highest BCUT2D eigenvalue weighted by molar-refractivity contribution is 9.10. The highest BCUT2D eigenvalue weighted by atomic mass is 79.9. The summed E-state index contributed by atoms with van der Waals surface area (Å²) in [6, 6.07) is 3.73. The molecule has 0 aromatic heterocycles. The number of benzene rings is 1. The average molecular weight is 332 g/mol. The van der Waals surface area contributed by atoms with E-state index in [0.29, 0.717) is 0 Å². The van der Waals surface area contributed by atoms with Gasteiger partial charge in [0.05, 0.1) is 11.1 Å². The number of ether oxygens (including phenoxy) is 1. The van der Waals surface area contributed by atoms with E-state index >= 15 is 0 Å². The lowest BCUT2D eigenvalue weighted by Gasteiger charge is -2.23. The zero-order valence-corrected chi connectivity index (χ0v) is 11.4. The van der Waals surface area contributed by atoms with E-state index in [-0.39, 0.29) is 29.7 Å². The van der Waals surface area contributed by atoms with Gasteiger partial charge in [-0.1, -0.05) is 0 Å². The summed E-state index contributed by atoms with van der Waals surface area (Å²) >= 11 is 2.97. The largest absolute Gasteiger partial charge is 0.479 e. The molecule has 1 amide bonds. The van der Waals surface area contributed by atoms with Crippen LogP contribution in [0.2, 0.25) is 0 Å². The Balaban J connectivity index is 2.20. The summed E-state index contributed by atoms with van der Waals surface area (Å²) in [6.07, 6.45) is 0.205. The van der Waals surface area contributed by atoms with Gasteiger partial charge in [0.15, 0.2) is 5.54 Å². The number of aliphatic carboxylic acids is 1. The summed E-state index contributed by atoms with van der Waals surface area (Å²) < 4.78 is 18.3. The molecule has 1 aliphatic rings. The average Bonchev–Trinajstić information content (AvgIpc) is 2.82. The number of rotatable bonds is 3. The third-order valence-corrected chi connectivity index (χ3v) is 3.57. The maximum Gasteiger partial charge on any atom is 0.331 e. The molecule has 0 radical (unpaired) electrons. The number of halogens is 2. The number of carboxylic acid groups (broad SMARTS) is 1. The molecule has 0 spiro atoms. The summed E-state index contributed by atoms with van der Waals surface area (Å²) in [5, 5.41) is 11.6. The number of hydrogen-bond donors (Lipinski definition) is 2. The molecule has 1 aromatic rings. The van der Waals surface area contributed by atoms with Crippen molar-refractivity contribution in [1.82, 2.24) is 5.32 Å². The maximum absolute atomic E-state index is 13.1. The topological polar surface area (TPSA) is 75.6 Å². The Morgan fingerprint density at radius 2 is 2.21 bits per heavy atom. The summed E-state index contributed by atoms with van der Waals surface area (Å²) in [5.74, 6) is -2.21. The van der Waals surface area contributed by atoms with Crippen LogP contribution in [0, 0.1) is 5.82 Å². The smallest absolute Gasteiger partial charge is 0.331 e. The van der Waals surface area contributed by atoms with Crippen LogP contribution in [0.1, 0.15) is 16.8 Å². The van der Waals surface area contributed by atoms with Crippen molar-refractivity contribution in [3.05, 3.63) is 34.1 Å². The number of carbonyl (C=O) groups excluding carboxylic acids is 1. The Morgan fingerprint density at radius 3 is 2.74 bits per heavy atom. The van der Waals surface area contributed by atoms with Crippen LogP contribution in [0.15, 0.2) is 22.7 Å². The van der Waals surface area contributed by atoms with Gasteiger partial charge in [0.2, 0.25) is 0 Å². The predicted octanol–water partition coefficient (Wildman–Crippen LogP) is 1.56. The first kappa shape index (κ1) is 14.0. The molecule has 1 aromatic carbocycles. The van der Waals surface area contributed by atoms with Crippen molar-refractivity contribution in [2.75, 3.05) is 13.2 Å². The monoisotopic (exact) mass is 331 g/mol. The van der Waals surface area contributed by atoms with Crippen molar-refractivity contribution in [2.24, 2.45) is 0 Å². The minimum Gasteiger partial charge on any atom is -0.479 e. The molecule has 1 heterocycles. The van der Waals surface area contributed by atoms with Gasteiger partial charge in [-0.25, -0.2) is 9.18 Å². The van der Waals surface area contributed by atoms with E-state index in [9.17, 15) is 19.1 Å². The Hall–Kier alpha value is -1.47. The molecule has 0 aliphatic carbocycles. The van der Waals surface area contributed by atoms with Crippen molar-refractivity contribution in [3.63, 3.8) is 0 Å². The summed E-state index contributed by atoms with van der Waals surface area (Å²) in [7, 11) is 0. The van der Waals surface area contributed by atoms with Gasteiger partial charge in [-0.3, -0.25) is 4.79 Å². The van der Waals surface area contributed by atoms with Crippen LogP contribution in [0.4, 0.5) is 4.39 Å². The molecule has 1 saturated heterocycles. The molecule has 5 nitrogen and oxygen atoms in total. The standard InChI is InChI=1S/C12H11BrFNO4/c13-8-5-7(1-2-9(8)14)10(16)15-12(11(17)18)3-4-19-6-12/h1-2,5H,3-4,6H2,(H,15,16)(H,17,18). The first-order chi connectivity index (χ1) is 8.94. The summed E-state index contributed by atoms with van der Waals surface area (Å²) in [4.78, 5) is 23.2. The highest BCUT2D eigenvalue weighted by Crippen LogP contribution is 2.21. The Bertz CT molecular complexity index is 528. The fourth-order valence-electron chi connectivity index (χ4n) is 1.81. The lowest BCUT2D eigenvalue weighted by atomic mass is 9.98. The van der Waals surface area contributed by atoms with Crippen LogP contribution >= 0.6 is 15.9 Å². The number of carboxylic acids is 1. The minimum absolute atomic E-state index is 0.0730. The molecular formula is C12H11BrFNO4. The molecule has 1 atom stereocenters. The van der Waals surface area contributed by atoms with Gasteiger partial charge in [0.1, 0.15) is 5.82 Å². The van der Waals surface area contributed by atoms with E-state index in [1.54, 1.807) is 0 Å². The van der Waals surface area contributed by atoms with Gasteiger partial charge < -0.3 is 15.2 Å². The fourth-order valence-corrected chi connectivity index (χ4v) is 2.19. The Labute approximate surface area is 116 Å². The molecule has 1 unspecified atom stereocenters. The van der Waals surface area contributed by atoms with Crippen molar-refractivity contribution in [2.45, 2.75) is 12.0 Å². The van der Waals surface area contributed by atoms with E-state index < -0.39 is 23.2 Å². The number of amides is 1. The van der Waals surface area contributed by atoms with E-state index in [1.165, 1.54) is 12.1 Å².